The number of carbonyl (C=O) groups excluding carboxylic acids is 2. The zero-order chi connectivity index (χ0) is 22.2. The first-order valence-electron chi connectivity index (χ1n) is 10.5. The summed E-state index contributed by atoms with van der Waals surface area (Å²) in [6, 6.07) is 14.2. The van der Waals surface area contributed by atoms with Gasteiger partial charge in [-0.2, -0.15) is 0 Å². The van der Waals surface area contributed by atoms with Crippen molar-refractivity contribution in [1.29, 1.82) is 0 Å². The molecule has 6 heteroatoms. The first-order valence-corrected chi connectivity index (χ1v) is 10.5. The van der Waals surface area contributed by atoms with Crippen molar-refractivity contribution in [3.05, 3.63) is 72.6 Å². The van der Waals surface area contributed by atoms with Crippen molar-refractivity contribution in [2.75, 3.05) is 39.9 Å². The van der Waals surface area contributed by atoms with E-state index in [1.165, 1.54) is 12.1 Å². The molecule has 3 rings (SSSR count). The predicted molar refractivity (Wildman–Crippen MR) is 119 cm³/mol. The number of ether oxygens (including phenoxy) is 1. The first kappa shape index (κ1) is 22.7. The second kappa shape index (κ2) is 10.9. The van der Waals surface area contributed by atoms with Gasteiger partial charge in [-0.25, -0.2) is 4.39 Å². The highest BCUT2D eigenvalue weighted by Crippen LogP contribution is 2.28. The Bertz CT molecular complexity index is 930. The number of carbonyl (C=O) groups is 2. The molecule has 0 N–H and O–H groups in total. The number of benzene rings is 2. The van der Waals surface area contributed by atoms with E-state index in [2.05, 4.69) is 6.58 Å². The maximum Gasteiger partial charge on any atom is 0.228 e. The predicted octanol–water partition coefficient (Wildman–Crippen LogP) is 3.54. The fourth-order valence-electron chi connectivity index (χ4n) is 4.01. The molecule has 0 saturated carbocycles. The van der Waals surface area contributed by atoms with Gasteiger partial charge in [0.05, 0.1) is 18.9 Å². The lowest BCUT2D eigenvalue weighted by atomic mass is 9.91. The zero-order valence-corrected chi connectivity index (χ0v) is 17.9. The second-order valence-electron chi connectivity index (χ2n) is 7.72. The van der Waals surface area contributed by atoms with Gasteiger partial charge in [0, 0.05) is 33.3 Å². The van der Waals surface area contributed by atoms with E-state index in [9.17, 15) is 14.0 Å². The van der Waals surface area contributed by atoms with Crippen LogP contribution < -0.4 is 0 Å². The molecule has 2 aromatic carbocycles. The maximum atomic E-state index is 13.8. The summed E-state index contributed by atoms with van der Waals surface area (Å²) in [5.41, 5.74) is 2.62. The van der Waals surface area contributed by atoms with Gasteiger partial charge in [-0.3, -0.25) is 9.59 Å². The molecule has 31 heavy (non-hydrogen) atoms. The fraction of sp³-hybridized carbons (Fsp3) is 0.360. The molecule has 0 unspecified atom stereocenters. The van der Waals surface area contributed by atoms with Gasteiger partial charge in [0.1, 0.15) is 5.82 Å². The van der Waals surface area contributed by atoms with Crippen LogP contribution in [0.25, 0.3) is 11.1 Å². The van der Waals surface area contributed by atoms with E-state index in [0.29, 0.717) is 45.6 Å². The van der Waals surface area contributed by atoms with Gasteiger partial charge in [-0.05, 0) is 35.2 Å². The van der Waals surface area contributed by atoms with Gasteiger partial charge >= 0.3 is 0 Å². The van der Waals surface area contributed by atoms with Crippen LogP contribution in [0.4, 0.5) is 4.39 Å². The minimum Gasteiger partial charge on any atom is -0.384 e. The van der Waals surface area contributed by atoms with Crippen LogP contribution >= 0.6 is 0 Å². The summed E-state index contributed by atoms with van der Waals surface area (Å²) in [5, 5.41) is 0. The minimum absolute atomic E-state index is 0.0102. The van der Waals surface area contributed by atoms with E-state index in [1.54, 1.807) is 29.1 Å². The molecule has 5 nitrogen and oxygen atoms in total. The molecule has 1 fully saturated rings. The van der Waals surface area contributed by atoms with Crippen LogP contribution in [0.3, 0.4) is 0 Å². The van der Waals surface area contributed by atoms with Gasteiger partial charge in [-0.1, -0.05) is 42.5 Å². The molecule has 2 aromatic rings. The Morgan fingerprint density at radius 3 is 2.77 bits per heavy atom. The summed E-state index contributed by atoms with van der Waals surface area (Å²) in [5.74, 6) is -0.692. The molecule has 164 valence electrons. The maximum absolute atomic E-state index is 13.8. The molecule has 0 bridgehead atoms. The number of halogens is 1. The zero-order valence-electron chi connectivity index (χ0n) is 17.9. The highest BCUT2D eigenvalue weighted by Gasteiger charge is 2.32. The Hall–Kier alpha value is -2.99. The number of hydrogen-bond acceptors (Lipinski definition) is 3. The summed E-state index contributed by atoms with van der Waals surface area (Å²) in [7, 11) is 1.57. The average molecular weight is 425 g/mol. The molecule has 1 saturated heterocycles. The number of rotatable bonds is 8. The monoisotopic (exact) mass is 424 g/mol. The Morgan fingerprint density at radius 2 is 2.03 bits per heavy atom. The average Bonchev–Trinajstić information content (AvgIpc) is 2.92. The Morgan fingerprint density at radius 1 is 1.23 bits per heavy atom. The lowest BCUT2D eigenvalue weighted by Gasteiger charge is -2.24. The lowest BCUT2D eigenvalue weighted by Crippen LogP contribution is -2.38. The van der Waals surface area contributed by atoms with E-state index >= 15 is 0 Å². The van der Waals surface area contributed by atoms with E-state index in [0.717, 1.165) is 16.7 Å². The van der Waals surface area contributed by atoms with Crippen molar-refractivity contribution in [3.8, 4) is 11.1 Å². The van der Waals surface area contributed by atoms with Crippen LogP contribution in [-0.2, 0) is 20.7 Å². The SMILES string of the molecule is C=CCN1CCN(C(=O)CCOC)C[C@H](Cc2ccccc2-c2cccc(F)c2)C1=O. The van der Waals surface area contributed by atoms with Crippen molar-refractivity contribution >= 4 is 11.8 Å². The number of amides is 2. The van der Waals surface area contributed by atoms with E-state index in [-0.39, 0.29) is 23.5 Å². The molecule has 0 aromatic heterocycles. The van der Waals surface area contributed by atoms with Crippen LogP contribution in [0.5, 0.6) is 0 Å². The first-order chi connectivity index (χ1) is 15.0. The van der Waals surface area contributed by atoms with Gasteiger partial charge in [-0.15, -0.1) is 6.58 Å². The molecule has 2 amide bonds. The fourth-order valence-corrected chi connectivity index (χ4v) is 4.01. The van der Waals surface area contributed by atoms with Crippen LogP contribution in [-0.4, -0.2) is 61.5 Å². The van der Waals surface area contributed by atoms with Crippen molar-refractivity contribution in [1.82, 2.24) is 9.80 Å². The summed E-state index contributed by atoms with van der Waals surface area (Å²) >= 11 is 0. The second-order valence-corrected chi connectivity index (χ2v) is 7.72. The summed E-state index contributed by atoms with van der Waals surface area (Å²) in [6.45, 7) is 5.88. The van der Waals surface area contributed by atoms with Crippen LogP contribution in [0.1, 0.15) is 12.0 Å². The summed E-state index contributed by atoms with van der Waals surface area (Å²) < 4.78 is 18.9. The van der Waals surface area contributed by atoms with Crippen LogP contribution in [0.2, 0.25) is 0 Å². The number of nitrogens with zero attached hydrogens (tertiary/aromatic N) is 2. The molecule has 1 aliphatic rings. The molecule has 0 aliphatic carbocycles. The quantitative estimate of drug-likeness (QED) is 0.609. The van der Waals surface area contributed by atoms with Crippen molar-refractivity contribution in [2.24, 2.45) is 5.92 Å². The minimum atomic E-state index is -0.386. The van der Waals surface area contributed by atoms with Crippen molar-refractivity contribution in [3.63, 3.8) is 0 Å². The molecular formula is C25H29FN2O3. The number of methoxy groups -OCH3 is 1. The smallest absolute Gasteiger partial charge is 0.228 e. The molecule has 1 atom stereocenters. The van der Waals surface area contributed by atoms with E-state index < -0.39 is 0 Å². The Balaban J connectivity index is 1.89. The van der Waals surface area contributed by atoms with E-state index in [1.807, 2.05) is 30.3 Å². The van der Waals surface area contributed by atoms with Gasteiger partial charge in [0.25, 0.3) is 0 Å². The largest absolute Gasteiger partial charge is 0.384 e. The van der Waals surface area contributed by atoms with Crippen LogP contribution in [0.15, 0.2) is 61.2 Å². The lowest BCUT2D eigenvalue weighted by molar-refractivity contribution is -0.134. The third-order valence-corrected chi connectivity index (χ3v) is 5.58. The normalized spacial score (nSPS) is 16.8. The van der Waals surface area contributed by atoms with Gasteiger partial charge in [0.2, 0.25) is 11.8 Å². The van der Waals surface area contributed by atoms with E-state index in [4.69, 9.17) is 4.74 Å². The summed E-state index contributed by atoms with van der Waals surface area (Å²) in [4.78, 5) is 29.5. The molecule has 0 spiro atoms. The number of hydrogen-bond donors (Lipinski definition) is 0. The van der Waals surface area contributed by atoms with Gasteiger partial charge in [0.15, 0.2) is 0 Å². The third-order valence-electron chi connectivity index (χ3n) is 5.58. The molecular weight excluding hydrogens is 395 g/mol. The standard InChI is InChI=1S/C25H29FN2O3/c1-3-12-27-13-14-28(24(29)11-15-31-2)18-21(25(27)30)16-19-7-4-5-10-23(19)20-8-6-9-22(26)17-20/h3-10,17,21H,1,11-16,18H2,2H3/t21-/m0/s1. The molecule has 1 aliphatic heterocycles. The highest BCUT2D eigenvalue weighted by molar-refractivity contribution is 5.83. The summed E-state index contributed by atoms with van der Waals surface area (Å²) in [6.07, 6.45) is 2.46. The van der Waals surface area contributed by atoms with Crippen molar-refractivity contribution in [2.45, 2.75) is 12.8 Å². The van der Waals surface area contributed by atoms with Crippen LogP contribution in [0, 0.1) is 11.7 Å². The highest BCUT2D eigenvalue weighted by atomic mass is 19.1. The topological polar surface area (TPSA) is 49.9 Å². The van der Waals surface area contributed by atoms with Crippen molar-refractivity contribution < 1.29 is 18.7 Å². The van der Waals surface area contributed by atoms with Gasteiger partial charge < -0.3 is 14.5 Å². The Kier molecular flexibility index (Phi) is 7.95. The Labute approximate surface area is 183 Å². The molecule has 0 radical (unpaired) electrons. The third kappa shape index (κ3) is 5.79. The molecule has 1 heterocycles.